The van der Waals surface area contributed by atoms with E-state index in [1.54, 1.807) is 12.1 Å². The standard InChI is InChI=1S/C14H14Cl3NO4/c1-20-13-10(14-18-8(6-19)7-22-14)4-9(5-11(13)15)21-3-2-12(16)17/h2,4-5,8,19H,3,6-7H2,1H3. The molecule has 1 aliphatic rings. The fourth-order valence-electron chi connectivity index (χ4n) is 1.88. The van der Waals surface area contributed by atoms with Gasteiger partial charge in [0.15, 0.2) is 0 Å². The molecule has 0 spiro atoms. The van der Waals surface area contributed by atoms with Crippen molar-refractivity contribution in [3.63, 3.8) is 0 Å². The summed E-state index contributed by atoms with van der Waals surface area (Å²) < 4.78 is 16.4. The first-order chi connectivity index (χ1) is 10.5. The zero-order valence-corrected chi connectivity index (χ0v) is 14.0. The summed E-state index contributed by atoms with van der Waals surface area (Å²) in [5.74, 6) is 1.27. The van der Waals surface area contributed by atoms with Gasteiger partial charge in [0.05, 0.1) is 24.3 Å². The SMILES string of the molecule is COc1c(Cl)cc(OCC=C(Cl)Cl)cc1C1=NC(CO)CO1. The Morgan fingerprint density at radius 2 is 2.27 bits per heavy atom. The predicted octanol–water partition coefficient (Wildman–Crippen LogP) is 3.18. The molecule has 1 atom stereocenters. The number of hydrogen-bond donors (Lipinski definition) is 1. The van der Waals surface area contributed by atoms with Gasteiger partial charge in [-0.1, -0.05) is 34.8 Å². The number of halogens is 3. The Morgan fingerprint density at radius 1 is 1.50 bits per heavy atom. The first kappa shape index (κ1) is 17.2. The molecule has 1 aromatic rings. The minimum atomic E-state index is -0.291. The number of nitrogens with zero attached hydrogens (tertiary/aromatic N) is 1. The Balaban J connectivity index is 2.30. The fourth-order valence-corrected chi connectivity index (χ4v) is 2.29. The minimum absolute atomic E-state index is 0.0885. The van der Waals surface area contributed by atoms with Crippen molar-refractivity contribution in [3.05, 3.63) is 33.3 Å². The van der Waals surface area contributed by atoms with Crippen LogP contribution in [0.15, 0.2) is 27.7 Å². The molecule has 1 aliphatic heterocycles. The van der Waals surface area contributed by atoms with E-state index in [-0.39, 0.29) is 23.7 Å². The number of aliphatic hydroxyl groups is 1. The van der Waals surface area contributed by atoms with E-state index < -0.39 is 0 Å². The molecule has 8 heteroatoms. The van der Waals surface area contributed by atoms with Crippen molar-refractivity contribution < 1.29 is 19.3 Å². The third kappa shape index (κ3) is 4.20. The van der Waals surface area contributed by atoms with Crippen LogP contribution in [-0.4, -0.2) is 44.0 Å². The molecule has 0 amide bonds. The molecule has 0 radical (unpaired) electrons. The van der Waals surface area contributed by atoms with Crippen LogP contribution in [-0.2, 0) is 4.74 Å². The van der Waals surface area contributed by atoms with Crippen LogP contribution in [0.3, 0.4) is 0 Å². The molecule has 0 saturated carbocycles. The van der Waals surface area contributed by atoms with E-state index in [0.717, 1.165) is 0 Å². The minimum Gasteiger partial charge on any atom is -0.494 e. The van der Waals surface area contributed by atoms with Crippen LogP contribution in [0.25, 0.3) is 0 Å². The Kier molecular flexibility index (Phi) is 6.20. The van der Waals surface area contributed by atoms with Crippen molar-refractivity contribution in [1.29, 1.82) is 0 Å². The predicted molar refractivity (Wildman–Crippen MR) is 86.7 cm³/mol. The molecule has 1 unspecified atom stereocenters. The topological polar surface area (TPSA) is 60.3 Å². The third-order valence-electron chi connectivity index (χ3n) is 2.86. The highest BCUT2D eigenvalue weighted by molar-refractivity contribution is 6.55. The van der Waals surface area contributed by atoms with Gasteiger partial charge in [0.2, 0.25) is 5.90 Å². The maximum Gasteiger partial charge on any atom is 0.220 e. The van der Waals surface area contributed by atoms with Crippen molar-refractivity contribution in [2.75, 3.05) is 26.9 Å². The number of benzene rings is 1. The molecular formula is C14H14Cl3NO4. The van der Waals surface area contributed by atoms with E-state index in [1.165, 1.54) is 13.2 Å². The van der Waals surface area contributed by atoms with Gasteiger partial charge in [-0.3, -0.25) is 0 Å². The van der Waals surface area contributed by atoms with E-state index in [1.807, 2.05) is 0 Å². The Labute approximate surface area is 143 Å². The first-order valence-electron chi connectivity index (χ1n) is 6.38. The Morgan fingerprint density at radius 3 is 2.86 bits per heavy atom. The second-order valence-electron chi connectivity index (χ2n) is 4.37. The highest BCUT2D eigenvalue weighted by Crippen LogP contribution is 2.35. The number of ether oxygens (including phenoxy) is 3. The molecular weight excluding hydrogens is 353 g/mol. The molecule has 1 heterocycles. The monoisotopic (exact) mass is 365 g/mol. The Hall–Kier alpha value is -1.14. The van der Waals surface area contributed by atoms with Crippen LogP contribution in [0, 0.1) is 0 Å². The first-order valence-corrected chi connectivity index (χ1v) is 7.51. The van der Waals surface area contributed by atoms with E-state index >= 15 is 0 Å². The van der Waals surface area contributed by atoms with Gasteiger partial charge in [0.1, 0.15) is 35.2 Å². The molecule has 0 aliphatic carbocycles. The molecule has 5 nitrogen and oxygen atoms in total. The normalized spacial score (nSPS) is 16.8. The second-order valence-corrected chi connectivity index (χ2v) is 5.79. The molecule has 2 rings (SSSR count). The summed E-state index contributed by atoms with van der Waals surface area (Å²) in [6.45, 7) is 0.411. The molecule has 1 aromatic carbocycles. The van der Waals surface area contributed by atoms with E-state index in [9.17, 15) is 0 Å². The van der Waals surface area contributed by atoms with Crippen molar-refractivity contribution in [3.8, 4) is 11.5 Å². The van der Waals surface area contributed by atoms with Crippen LogP contribution in [0.1, 0.15) is 5.56 Å². The lowest BCUT2D eigenvalue weighted by Gasteiger charge is -2.13. The zero-order valence-electron chi connectivity index (χ0n) is 11.7. The summed E-state index contributed by atoms with van der Waals surface area (Å²) in [6, 6.07) is 3.01. The van der Waals surface area contributed by atoms with Gasteiger partial charge in [0.25, 0.3) is 0 Å². The summed E-state index contributed by atoms with van der Waals surface area (Å²) in [7, 11) is 1.50. The summed E-state index contributed by atoms with van der Waals surface area (Å²) in [5, 5.41) is 9.49. The molecule has 0 aromatic heterocycles. The van der Waals surface area contributed by atoms with Crippen molar-refractivity contribution in [1.82, 2.24) is 0 Å². The average Bonchev–Trinajstić information content (AvgIpc) is 2.95. The van der Waals surface area contributed by atoms with Gasteiger partial charge in [-0.2, -0.15) is 0 Å². The number of rotatable bonds is 6. The summed E-state index contributed by atoms with van der Waals surface area (Å²) in [5.41, 5.74) is 0.557. The average molecular weight is 367 g/mol. The van der Waals surface area contributed by atoms with Crippen molar-refractivity contribution in [2.24, 2.45) is 4.99 Å². The van der Waals surface area contributed by atoms with Gasteiger partial charge in [-0.15, -0.1) is 0 Å². The quantitative estimate of drug-likeness (QED) is 0.840. The molecule has 0 fully saturated rings. The van der Waals surface area contributed by atoms with Crippen LogP contribution in [0.2, 0.25) is 5.02 Å². The van der Waals surface area contributed by atoms with Gasteiger partial charge in [0, 0.05) is 6.07 Å². The smallest absolute Gasteiger partial charge is 0.220 e. The molecule has 1 N–H and O–H groups in total. The van der Waals surface area contributed by atoms with Crippen LogP contribution >= 0.6 is 34.8 Å². The number of hydrogen-bond acceptors (Lipinski definition) is 5. The van der Waals surface area contributed by atoms with E-state index in [4.69, 9.17) is 54.1 Å². The zero-order chi connectivity index (χ0) is 16.1. The summed E-state index contributed by atoms with van der Waals surface area (Å²) >= 11 is 17.2. The fraction of sp³-hybridized carbons (Fsp3) is 0.357. The third-order valence-corrected chi connectivity index (χ3v) is 3.45. The van der Waals surface area contributed by atoms with Crippen LogP contribution in [0.4, 0.5) is 0 Å². The number of methoxy groups -OCH3 is 1. The Bertz CT molecular complexity index is 600. The van der Waals surface area contributed by atoms with Gasteiger partial charge >= 0.3 is 0 Å². The lowest BCUT2D eigenvalue weighted by molar-refractivity contribution is 0.227. The summed E-state index contributed by atoms with van der Waals surface area (Å²) in [6.07, 6.45) is 1.51. The van der Waals surface area contributed by atoms with Crippen LogP contribution < -0.4 is 9.47 Å². The number of aliphatic hydroxyl groups excluding tert-OH is 1. The van der Waals surface area contributed by atoms with Gasteiger partial charge < -0.3 is 19.3 Å². The van der Waals surface area contributed by atoms with Crippen LogP contribution in [0.5, 0.6) is 11.5 Å². The largest absolute Gasteiger partial charge is 0.494 e. The highest BCUT2D eigenvalue weighted by atomic mass is 35.5. The number of aliphatic imine (C=N–C) groups is 1. The molecule has 0 saturated heterocycles. The molecule has 120 valence electrons. The van der Waals surface area contributed by atoms with Gasteiger partial charge in [-0.25, -0.2) is 4.99 Å². The van der Waals surface area contributed by atoms with Crippen molar-refractivity contribution >= 4 is 40.7 Å². The van der Waals surface area contributed by atoms with E-state index in [2.05, 4.69) is 4.99 Å². The second kappa shape index (κ2) is 7.92. The van der Waals surface area contributed by atoms with Gasteiger partial charge in [-0.05, 0) is 12.1 Å². The molecule has 22 heavy (non-hydrogen) atoms. The van der Waals surface area contributed by atoms with E-state index in [0.29, 0.717) is 34.6 Å². The summed E-state index contributed by atoms with van der Waals surface area (Å²) in [4.78, 5) is 4.27. The maximum absolute atomic E-state index is 9.13. The highest BCUT2D eigenvalue weighted by Gasteiger charge is 2.24. The maximum atomic E-state index is 9.13. The van der Waals surface area contributed by atoms with Crippen molar-refractivity contribution in [2.45, 2.75) is 6.04 Å². The molecule has 0 bridgehead atoms. The lowest BCUT2D eigenvalue weighted by atomic mass is 10.2. The lowest BCUT2D eigenvalue weighted by Crippen LogP contribution is -2.10.